The number of alkyl halides is 2. The fraction of sp³-hybridized carbons (Fsp3) is 0.696. The maximum Gasteiger partial charge on any atom is 0.266 e. The lowest BCUT2D eigenvalue weighted by atomic mass is 9.89. The normalized spacial score (nSPS) is 16.5. The van der Waals surface area contributed by atoms with E-state index in [0.29, 0.717) is 19.3 Å². The number of methoxy groups -OCH3 is 2. The van der Waals surface area contributed by atoms with Gasteiger partial charge in [0, 0.05) is 59.8 Å². The van der Waals surface area contributed by atoms with E-state index >= 15 is 0 Å². The van der Waals surface area contributed by atoms with Gasteiger partial charge in [-0.3, -0.25) is 10.0 Å². The van der Waals surface area contributed by atoms with Crippen LogP contribution >= 0.6 is 0 Å². The van der Waals surface area contributed by atoms with E-state index in [0.717, 1.165) is 18.1 Å². The average Bonchev–Trinajstić information content (AvgIpc) is 2.82. The van der Waals surface area contributed by atoms with Gasteiger partial charge in [0.25, 0.3) is 5.91 Å². The average molecular weight is 507 g/mol. The Morgan fingerprint density at radius 2 is 1.62 bits per heavy atom. The van der Waals surface area contributed by atoms with Crippen LogP contribution in [0.4, 0.5) is 8.78 Å². The van der Waals surface area contributed by atoms with Crippen molar-refractivity contribution in [1.29, 1.82) is 0 Å². The number of piperidine rings is 1. The largest absolute Gasteiger partial charge is 0.385 e. The molecule has 11 heteroatoms. The molecule has 2 N–H and O–H groups in total. The van der Waals surface area contributed by atoms with E-state index < -0.39 is 26.6 Å². The summed E-state index contributed by atoms with van der Waals surface area (Å²) < 4.78 is 63.0. The fourth-order valence-corrected chi connectivity index (χ4v) is 6.51. The number of aryl methyl sites for hydroxylation is 1. The number of hydrogen-bond acceptors (Lipinski definition) is 6. The number of rotatable bonds is 13. The second-order valence-electron chi connectivity index (χ2n) is 8.91. The molecule has 0 bridgehead atoms. The zero-order valence-corrected chi connectivity index (χ0v) is 20.9. The van der Waals surface area contributed by atoms with Crippen molar-refractivity contribution in [3.05, 3.63) is 35.4 Å². The van der Waals surface area contributed by atoms with Gasteiger partial charge in [-0.25, -0.2) is 27.0 Å². The van der Waals surface area contributed by atoms with E-state index in [-0.39, 0.29) is 51.5 Å². The summed E-state index contributed by atoms with van der Waals surface area (Å²) in [4.78, 5) is 12.6. The van der Waals surface area contributed by atoms with Gasteiger partial charge < -0.3 is 9.47 Å². The molecule has 1 saturated heterocycles. The summed E-state index contributed by atoms with van der Waals surface area (Å²) in [5.41, 5.74) is 3.39. The zero-order valence-electron chi connectivity index (χ0n) is 20.1. The molecule has 194 valence electrons. The van der Waals surface area contributed by atoms with Crippen LogP contribution in [-0.4, -0.2) is 75.0 Å². The predicted molar refractivity (Wildman–Crippen MR) is 123 cm³/mol. The molecule has 0 saturated carbocycles. The summed E-state index contributed by atoms with van der Waals surface area (Å²) in [5.74, 6) is -3.59. The van der Waals surface area contributed by atoms with Gasteiger partial charge in [-0.05, 0) is 43.2 Å². The van der Waals surface area contributed by atoms with Gasteiger partial charge in [0.15, 0.2) is 4.75 Å². The molecule has 1 aliphatic heterocycles. The number of nitrogens with zero attached hydrogens (tertiary/aromatic N) is 1. The zero-order chi connectivity index (χ0) is 25.4. The molecule has 0 spiro atoms. The first-order valence-electron chi connectivity index (χ1n) is 11.4. The topological polar surface area (TPSA) is 105 Å². The van der Waals surface area contributed by atoms with Gasteiger partial charge in [0.05, 0.1) is 0 Å². The van der Waals surface area contributed by atoms with Gasteiger partial charge in [0.2, 0.25) is 15.9 Å². The quantitative estimate of drug-likeness (QED) is 0.315. The van der Waals surface area contributed by atoms with Crippen molar-refractivity contribution >= 4 is 15.9 Å². The van der Waals surface area contributed by atoms with Crippen molar-refractivity contribution < 1.29 is 36.7 Å². The van der Waals surface area contributed by atoms with Gasteiger partial charge in [-0.1, -0.05) is 24.3 Å². The SMILES string of the molecule is COCCC(CCOC)(C(=O)NO)S(=O)(=O)N1CCC(c2ccc(CCC(C)(F)F)cc2)CC1. The molecule has 0 radical (unpaired) electrons. The minimum atomic E-state index is -4.14. The van der Waals surface area contributed by atoms with Crippen molar-refractivity contribution in [2.45, 2.75) is 62.0 Å². The number of hydroxylamine groups is 1. The van der Waals surface area contributed by atoms with E-state index in [4.69, 9.17) is 9.47 Å². The van der Waals surface area contributed by atoms with E-state index in [1.165, 1.54) is 24.0 Å². The minimum absolute atomic E-state index is 0.0170. The van der Waals surface area contributed by atoms with Crippen LogP contribution in [0.15, 0.2) is 24.3 Å². The molecule has 0 unspecified atom stereocenters. The highest BCUT2D eigenvalue weighted by atomic mass is 32.2. The number of nitrogens with one attached hydrogen (secondary N) is 1. The Labute approximate surface area is 200 Å². The molecule has 1 aliphatic rings. The lowest BCUT2D eigenvalue weighted by Crippen LogP contribution is -2.59. The smallest absolute Gasteiger partial charge is 0.266 e. The molecule has 0 atom stereocenters. The van der Waals surface area contributed by atoms with Gasteiger partial charge >= 0.3 is 0 Å². The molecular weight excluding hydrogens is 470 g/mol. The van der Waals surface area contributed by atoms with Crippen molar-refractivity contribution in [3.63, 3.8) is 0 Å². The Balaban J connectivity index is 2.13. The summed E-state index contributed by atoms with van der Waals surface area (Å²) in [6, 6.07) is 7.52. The Kier molecular flexibility index (Phi) is 10.4. The molecule has 1 amide bonds. The highest BCUT2D eigenvalue weighted by Crippen LogP contribution is 2.35. The third-order valence-electron chi connectivity index (χ3n) is 6.53. The molecule has 1 aromatic rings. The fourth-order valence-electron chi connectivity index (χ4n) is 4.36. The standard InChI is InChI=1S/C23H36F2N2O6S/c1-22(24,25)11-8-18-4-6-19(7-5-18)20-9-14-27(15-10-20)34(30,31)23(12-16-32-2,13-17-33-3)21(28)26-29/h4-7,20,29H,8-17H2,1-3H3,(H,26,28). The van der Waals surface area contributed by atoms with Gasteiger partial charge in [-0.15, -0.1) is 0 Å². The summed E-state index contributed by atoms with van der Waals surface area (Å²) in [7, 11) is -1.32. The second kappa shape index (κ2) is 12.3. The summed E-state index contributed by atoms with van der Waals surface area (Å²) in [6.07, 6.45) is 0.934. The first kappa shape index (κ1) is 28.6. The van der Waals surface area contributed by atoms with Crippen LogP contribution in [0.25, 0.3) is 0 Å². The third-order valence-corrected chi connectivity index (χ3v) is 9.15. The summed E-state index contributed by atoms with van der Waals surface area (Å²) >= 11 is 0. The molecule has 1 heterocycles. The number of sulfonamides is 1. The summed E-state index contributed by atoms with van der Waals surface area (Å²) in [6.45, 7) is 1.38. The van der Waals surface area contributed by atoms with Crippen LogP contribution < -0.4 is 5.48 Å². The number of amides is 1. The molecule has 0 aliphatic carbocycles. The number of halogens is 2. The molecule has 2 rings (SSSR count). The first-order chi connectivity index (χ1) is 16.0. The van der Waals surface area contributed by atoms with Crippen molar-refractivity contribution in [3.8, 4) is 0 Å². The molecular formula is C23H36F2N2O6S. The second-order valence-corrected chi connectivity index (χ2v) is 11.2. The lowest BCUT2D eigenvalue weighted by Gasteiger charge is -2.39. The van der Waals surface area contributed by atoms with Crippen LogP contribution in [-0.2, 0) is 30.7 Å². The van der Waals surface area contributed by atoms with Crippen LogP contribution in [0, 0.1) is 0 Å². The number of ether oxygens (including phenoxy) is 2. The van der Waals surface area contributed by atoms with E-state index in [2.05, 4.69) is 0 Å². The van der Waals surface area contributed by atoms with Crippen LogP contribution in [0.2, 0.25) is 0 Å². The van der Waals surface area contributed by atoms with E-state index in [9.17, 15) is 27.2 Å². The lowest BCUT2D eigenvalue weighted by molar-refractivity contribution is -0.133. The van der Waals surface area contributed by atoms with Gasteiger partial charge in [0.1, 0.15) is 0 Å². The number of hydrogen-bond donors (Lipinski definition) is 2. The first-order valence-corrected chi connectivity index (χ1v) is 12.8. The van der Waals surface area contributed by atoms with E-state index in [1.54, 1.807) is 0 Å². The van der Waals surface area contributed by atoms with Crippen LogP contribution in [0.1, 0.15) is 56.1 Å². The predicted octanol–water partition coefficient (Wildman–Crippen LogP) is 3.10. The molecule has 1 aromatic carbocycles. The van der Waals surface area contributed by atoms with Crippen molar-refractivity contribution in [1.82, 2.24) is 9.79 Å². The van der Waals surface area contributed by atoms with E-state index in [1.807, 2.05) is 24.3 Å². The number of carbonyl (C=O) groups excluding carboxylic acids is 1. The van der Waals surface area contributed by atoms with Crippen molar-refractivity contribution in [2.24, 2.45) is 0 Å². The third kappa shape index (κ3) is 6.94. The Morgan fingerprint density at radius 1 is 1.09 bits per heavy atom. The maximum atomic E-state index is 13.6. The number of carbonyl (C=O) groups is 1. The molecule has 8 nitrogen and oxygen atoms in total. The Bertz CT molecular complexity index is 874. The monoisotopic (exact) mass is 506 g/mol. The van der Waals surface area contributed by atoms with Gasteiger partial charge in [-0.2, -0.15) is 0 Å². The maximum absolute atomic E-state index is 13.6. The molecule has 0 aromatic heterocycles. The minimum Gasteiger partial charge on any atom is -0.385 e. The van der Waals surface area contributed by atoms with Crippen LogP contribution in [0.3, 0.4) is 0 Å². The Morgan fingerprint density at radius 3 is 2.06 bits per heavy atom. The molecule has 34 heavy (non-hydrogen) atoms. The summed E-state index contributed by atoms with van der Waals surface area (Å²) in [5, 5.41) is 9.32. The van der Waals surface area contributed by atoms with Crippen molar-refractivity contribution in [2.75, 3.05) is 40.5 Å². The van der Waals surface area contributed by atoms with Crippen LogP contribution in [0.5, 0.6) is 0 Å². The highest BCUT2D eigenvalue weighted by molar-refractivity contribution is 7.91. The Hall–Kier alpha value is -1.66. The highest BCUT2D eigenvalue weighted by Gasteiger charge is 2.53. The number of benzene rings is 1. The molecule has 1 fully saturated rings.